The summed E-state index contributed by atoms with van der Waals surface area (Å²) in [6.45, 7) is 1.66. The number of halogens is 3. The second kappa shape index (κ2) is 5.71. The lowest BCUT2D eigenvalue weighted by Crippen LogP contribution is -2.15. The highest BCUT2D eigenvalue weighted by Gasteiger charge is 2.20. The van der Waals surface area contributed by atoms with E-state index in [0.29, 0.717) is 10.0 Å². The normalized spacial score (nSPS) is 11.4. The summed E-state index contributed by atoms with van der Waals surface area (Å²) in [5.41, 5.74) is 0.293. The maximum Gasteiger partial charge on any atom is 0.262 e. The van der Waals surface area contributed by atoms with Crippen LogP contribution in [-0.4, -0.2) is 8.42 Å². The molecule has 1 N–H and O–H groups in total. The average molecular weight is 379 g/mol. The van der Waals surface area contributed by atoms with E-state index in [0.717, 1.165) is 6.07 Å². The third-order valence-electron chi connectivity index (χ3n) is 2.64. The Morgan fingerprint density at radius 1 is 1.25 bits per heavy atom. The van der Waals surface area contributed by atoms with Crippen LogP contribution in [0.25, 0.3) is 0 Å². The van der Waals surface area contributed by atoms with Crippen molar-refractivity contribution in [2.75, 3.05) is 4.72 Å². The molecular weight excluding hydrogens is 369 g/mol. The molecule has 2 aromatic carbocycles. The van der Waals surface area contributed by atoms with Gasteiger partial charge in [0.2, 0.25) is 0 Å². The molecule has 2 rings (SSSR count). The Labute approximate surface area is 130 Å². The Balaban J connectivity index is 2.49. The van der Waals surface area contributed by atoms with Crippen molar-refractivity contribution in [3.05, 3.63) is 57.3 Å². The largest absolute Gasteiger partial charge is 0.275 e. The molecule has 0 unspecified atom stereocenters. The first-order valence-electron chi connectivity index (χ1n) is 5.54. The molecule has 3 nitrogen and oxygen atoms in total. The SMILES string of the molecule is Cc1ccc(Br)cc1S(=O)(=O)Nc1c(F)cccc1Cl. The average Bonchev–Trinajstić information content (AvgIpc) is 2.37. The van der Waals surface area contributed by atoms with Crippen LogP contribution in [0.2, 0.25) is 5.02 Å². The zero-order valence-electron chi connectivity index (χ0n) is 10.3. The van der Waals surface area contributed by atoms with Crippen molar-refractivity contribution in [1.29, 1.82) is 0 Å². The second-order valence-electron chi connectivity index (χ2n) is 4.11. The quantitative estimate of drug-likeness (QED) is 0.863. The fraction of sp³-hybridized carbons (Fsp3) is 0.0769. The van der Waals surface area contributed by atoms with Gasteiger partial charge in [0.05, 0.1) is 9.92 Å². The van der Waals surface area contributed by atoms with Gasteiger partial charge < -0.3 is 0 Å². The lowest BCUT2D eigenvalue weighted by Gasteiger charge is -2.12. The van der Waals surface area contributed by atoms with Gasteiger partial charge in [-0.25, -0.2) is 12.8 Å². The molecule has 0 heterocycles. The van der Waals surface area contributed by atoms with Crippen molar-refractivity contribution in [3.63, 3.8) is 0 Å². The van der Waals surface area contributed by atoms with E-state index in [9.17, 15) is 12.8 Å². The fourth-order valence-electron chi connectivity index (χ4n) is 1.65. The maximum absolute atomic E-state index is 13.7. The van der Waals surface area contributed by atoms with Crippen molar-refractivity contribution in [2.24, 2.45) is 0 Å². The summed E-state index contributed by atoms with van der Waals surface area (Å²) in [4.78, 5) is 0.0613. The van der Waals surface area contributed by atoms with E-state index in [1.54, 1.807) is 19.1 Å². The van der Waals surface area contributed by atoms with E-state index in [4.69, 9.17) is 11.6 Å². The van der Waals surface area contributed by atoms with Crippen molar-refractivity contribution < 1.29 is 12.8 Å². The maximum atomic E-state index is 13.7. The van der Waals surface area contributed by atoms with Gasteiger partial charge in [-0.2, -0.15) is 0 Å². The van der Waals surface area contributed by atoms with Crippen LogP contribution in [-0.2, 0) is 10.0 Å². The predicted octanol–water partition coefficient (Wildman–Crippen LogP) is 4.35. The highest BCUT2D eigenvalue weighted by Crippen LogP contribution is 2.29. The zero-order chi connectivity index (χ0) is 14.9. The van der Waals surface area contributed by atoms with Gasteiger partial charge in [-0.1, -0.05) is 39.7 Å². The number of nitrogens with one attached hydrogen (secondary N) is 1. The first kappa shape index (κ1) is 15.3. The molecule has 0 aliphatic carbocycles. The van der Waals surface area contributed by atoms with E-state index in [-0.39, 0.29) is 15.6 Å². The van der Waals surface area contributed by atoms with Crippen molar-refractivity contribution in [2.45, 2.75) is 11.8 Å². The summed E-state index contributed by atoms with van der Waals surface area (Å²) in [5, 5.41) is 0.00113. The molecule has 0 spiro atoms. The monoisotopic (exact) mass is 377 g/mol. The molecule has 0 saturated carbocycles. The van der Waals surface area contributed by atoms with E-state index >= 15 is 0 Å². The lowest BCUT2D eigenvalue weighted by atomic mass is 10.2. The topological polar surface area (TPSA) is 46.2 Å². The smallest absolute Gasteiger partial charge is 0.262 e. The Bertz CT molecular complexity index is 745. The minimum atomic E-state index is -3.92. The third kappa shape index (κ3) is 3.13. The first-order valence-corrected chi connectivity index (χ1v) is 8.19. The number of hydrogen-bond acceptors (Lipinski definition) is 2. The van der Waals surface area contributed by atoms with Gasteiger partial charge in [-0.05, 0) is 36.8 Å². The van der Waals surface area contributed by atoms with Gasteiger partial charge in [-0.3, -0.25) is 4.72 Å². The number of anilines is 1. The lowest BCUT2D eigenvalue weighted by molar-refractivity contribution is 0.598. The molecule has 7 heteroatoms. The summed E-state index contributed by atoms with van der Waals surface area (Å²) in [5.74, 6) is -0.728. The highest BCUT2D eigenvalue weighted by molar-refractivity contribution is 9.10. The molecule has 0 aliphatic heterocycles. The molecule has 0 bridgehead atoms. The van der Waals surface area contributed by atoms with Gasteiger partial charge in [0.15, 0.2) is 0 Å². The molecule has 0 amide bonds. The van der Waals surface area contributed by atoms with Gasteiger partial charge in [-0.15, -0.1) is 0 Å². The fourth-order valence-corrected chi connectivity index (χ4v) is 3.79. The Morgan fingerprint density at radius 3 is 2.60 bits per heavy atom. The van der Waals surface area contributed by atoms with E-state index < -0.39 is 15.8 Å². The minimum Gasteiger partial charge on any atom is -0.275 e. The summed E-state index contributed by atoms with van der Waals surface area (Å²) in [7, 11) is -3.92. The molecule has 0 radical (unpaired) electrons. The second-order valence-corrected chi connectivity index (χ2v) is 7.09. The summed E-state index contributed by atoms with van der Waals surface area (Å²) >= 11 is 9.03. The van der Waals surface area contributed by atoms with Crippen LogP contribution < -0.4 is 4.72 Å². The van der Waals surface area contributed by atoms with E-state index in [1.807, 2.05) is 0 Å². The third-order valence-corrected chi connectivity index (χ3v) is 4.94. The number of hydrogen-bond donors (Lipinski definition) is 1. The van der Waals surface area contributed by atoms with Crippen LogP contribution in [0, 0.1) is 12.7 Å². The molecule has 0 saturated heterocycles. The van der Waals surface area contributed by atoms with Crippen LogP contribution >= 0.6 is 27.5 Å². The van der Waals surface area contributed by atoms with Gasteiger partial charge in [0.25, 0.3) is 10.0 Å². The Kier molecular flexibility index (Phi) is 4.36. The minimum absolute atomic E-state index is 0.00113. The molecular formula is C13H10BrClFNO2S. The molecule has 20 heavy (non-hydrogen) atoms. The molecule has 2 aromatic rings. The van der Waals surface area contributed by atoms with Crippen LogP contribution in [0.3, 0.4) is 0 Å². The van der Waals surface area contributed by atoms with E-state index in [2.05, 4.69) is 20.7 Å². The van der Waals surface area contributed by atoms with Gasteiger partial charge in [0.1, 0.15) is 11.5 Å². The number of para-hydroxylation sites is 1. The summed E-state index contributed by atoms with van der Waals surface area (Å²) < 4.78 is 41.1. The highest BCUT2D eigenvalue weighted by atomic mass is 79.9. The summed E-state index contributed by atoms with van der Waals surface area (Å²) in [6.07, 6.45) is 0. The zero-order valence-corrected chi connectivity index (χ0v) is 13.5. The van der Waals surface area contributed by atoms with Crippen LogP contribution in [0.1, 0.15) is 5.56 Å². The number of sulfonamides is 1. The first-order chi connectivity index (χ1) is 9.31. The molecule has 0 aromatic heterocycles. The van der Waals surface area contributed by atoms with Crippen LogP contribution in [0.15, 0.2) is 45.8 Å². The van der Waals surface area contributed by atoms with Gasteiger partial charge >= 0.3 is 0 Å². The van der Waals surface area contributed by atoms with Crippen molar-refractivity contribution >= 4 is 43.2 Å². The Hall–Kier alpha value is -1.11. The molecule has 0 aliphatic rings. The Morgan fingerprint density at radius 2 is 1.95 bits per heavy atom. The van der Waals surface area contributed by atoms with Crippen LogP contribution in [0.4, 0.5) is 10.1 Å². The van der Waals surface area contributed by atoms with Crippen molar-refractivity contribution in [1.82, 2.24) is 0 Å². The van der Waals surface area contributed by atoms with Gasteiger partial charge in [0, 0.05) is 4.47 Å². The number of aryl methyl sites for hydroxylation is 1. The van der Waals surface area contributed by atoms with Crippen molar-refractivity contribution in [3.8, 4) is 0 Å². The number of benzene rings is 2. The predicted molar refractivity (Wildman–Crippen MR) is 81.1 cm³/mol. The molecule has 0 atom stereocenters. The summed E-state index contributed by atoms with van der Waals surface area (Å²) in [6, 6.07) is 8.78. The van der Waals surface area contributed by atoms with E-state index in [1.165, 1.54) is 18.2 Å². The number of rotatable bonds is 3. The van der Waals surface area contributed by atoms with Crippen LogP contribution in [0.5, 0.6) is 0 Å². The molecule has 0 fully saturated rings. The molecule has 106 valence electrons. The standard InChI is InChI=1S/C13H10BrClFNO2S/c1-8-5-6-9(14)7-12(8)20(18,19)17-13-10(15)3-2-4-11(13)16/h2-7,17H,1H3.